The summed E-state index contributed by atoms with van der Waals surface area (Å²) in [5.41, 5.74) is 2.03. The molecule has 0 aromatic heterocycles. The predicted octanol–water partition coefficient (Wildman–Crippen LogP) is -0.0710. The molecule has 4 N–H and O–H groups in total. The summed E-state index contributed by atoms with van der Waals surface area (Å²) < 4.78 is 0. The molecule has 4 nitrogen and oxygen atoms in total. The Morgan fingerprint density at radius 3 is 1.64 bits per heavy atom. The van der Waals surface area contributed by atoms with Crippen molar-refractivity contribution in [2.45, 2.75) is 19.5 Å². The van der Waals surface area contributed by atoms with E-state index in [4.69, 9.17) is 0 Å². The van der Waals surface area contributed by atoms with Gasteiger partial charge in [-0.15, -0.1) is 0 Å². The van der Waals surface area contributed by atoms with Crippen LogP contribution in [0, 0.1) is 0 Å². The summed E-state index contributed by atoms with van der Waals surface area (Å²) >= 11 is 0. The fourth-order valence-corrected chi connectivity index (χ4v) is 3.28. The van der Waals surface area contributed by atoms with Crippen LogP contribution in [0.5, 0.6) is 11.5 Å². The molecule has 0 radical (unpaired) electrons. The first-order valence-corrected chi connectivity index (χ1v) is 7.93. The van der Waals surface area contributed by atoms with Crippen molar-refractivity contribution in [1.82, 2.24) is 0 Å². The normalized spacial score (nSPS) is 21.6. The molecule has 0 saturated carbocycles. The monoisotopic (exact) mass is 300 g/mol. The van der Waals surface area contributed by atoms with Gasteiger partial charge in [0.15, 0.2) is 0 Å². The number of nitrogens with one attached hydrogen (secondary N) is 2. The molecule has 1 fully saturated rings. The summed E-state index contributed by atoms with van der Waals surface area (Å²) in [6, 6.07) is 15.2. The first-order chi connectivity index (χ1) is 10.7. The SMILES string of the molecule is Oc1ccccc1C[NH+]1CCC[NH+](Cc2ccccc2O)C1. The van der Waals surface area contributed by atoms with Gasteiger partial charge in [0.2, 0.25) is 6.67 Å². The van der Waals surface area contributed by atoms with Crippen LogP contribution < -0.4 is 9.80 Å². The molecule has 2 unspecified atom stereocenters. The van der Waals surface area contributed by atoms with Gasteiger partial charge in [0.05, 0.1) is 13.1 Å². The molecule has 2 atom stereocenters. The van der Waals surface area contributed by atoms with Gasteiger partial charge in [0, 0.05) is 17.5 Å². The number of quaternary nitrogens is 2. The second-order valence-corrected chi connectivity index (χ2v) is 6.14. The second kappa shape index (κ2) is 6.81. The lowest BCUT2D eigenvalue weighted by molar-refractivity contribution is -1.11. The Labute approximate surface area is 131 Å². The highest BCUT2D eigenvalue weighted by Crippen LogP contribution is 2.14. The average molecular weight is 300 g/mol. The van der Waals surface area contributed by atoms with Crippen molar-refractivity contribution in [3.63, 3.8) is 0 Å². The van der Waals surface area contributed by atoms with Crippen LogP contribution in [0.25, 0.3) is 0 Å². The topological polar surface area (TPSA) is 49.3 Å². The van der Waals surface area contributed by atoms with Crippen LogP contribution >= 0.6 is 0 Å². The van der Waals surface area contributed by atoms with E-state index in [0.29, 0.717) is 11.5 Å². The van der Waals surface area contributed by atoms with E-state index in [-0.39, 0.29) is 0 Å². The minimum absolute atomic E-state index is 0.392. The molecule has 1 heterocycles. The third kappa shape index (κ3) is 3.59. The molecular formula is C18H24N2O2+2. The molecular weight excluding hydrogens is 276 g/mol. The molecule has 0 bridgehead atoms. The van der Waals surface area contributed by atoms with Gasteiger partial charge in [-0.05, 0) is 24.3 Å². The van der Waals surface area contributed by atoms with Crippen LogP contribution in [-0.2, 0) is 13.1 Å². The Morgan fingerprint density at radius 2 is 1.18 bits per heavy atom. The summed E-state index contributed by atoms with van der Waals surface area (Å²) in [5, 5.41) is 19.9. The molecule has 1 saturated heterocycles. The van der Waals surface area contributed by atoms with Gasteiger partial charge in [-0.3, -0.25) is 9.80 Å². The highest BCUT2D eigenvalue weighted by molar-refractivity contribution is 5.31. The number of phenols is 2. The first kappa shape index (κ1) is 14.9. The smallest absolute Gasteiger partial charge is 0.204 e. The average Bonchev–Trinajstić information content (AvgIpc) is 2.52. The largest absolute Gasteiger partial charge is 0.507 e. The van der Waals surface area contributed by atoms with E-state index >= 15 is 0 Å². The zero-order valence-corrected chi connectivity index (χ0v) is 12.8. The Morgan fingerprint density at radius 1 is 0.727 bits per heavy atom. The van der Waals surface area contributed by atoms with Crippen molar-refractivity contribution in [3.8, 4) is 11.5 Å². The summed E-state index contributed by atoms with van der Waals surface area (Å²) in [5.74, 6) is 0.783. The third-order valence-electron chi connectivity index (χ3n) is 4.42. The van der Waals surface area contributed by atoms with E-state index in [0.717, 1.165) is 44.0 Å². The summed E-state index contributed by atoms with van der Waals surface area (Å²) in [7, 11) is 0. The molecule has 1 aliphatic rings. The van der Waals surface area contributed by atoms with E-state index in [2.05, 4.69) is 0 Å². The number of benzene rings is 2. The van der Waals surface area contributed by atoms with Crippen molar-refractivity contribution in [2.75, 3.05) is 19.8 Å². The Bertz CT molecular complexity index is 576. The molecule has 0 amide bonds. The van der Waals surface area contributed by atoms with Crippen LogP contribution in [0.4, 0.5) is 0 Å². The fourth-order valence-electron chi connectivity index (χ4n) is 3.28. The highest BCUT2D eigenvalue weighted by Gasteiger charge is 2.25. The Hall–Kier alpha value is -2.04. The number of para-hydroxylation sites is 2. The molecule has 2 aromatic rings. The Balaban J connectivity index is 1.62. The lowest BCUT2D eigenvalue weighted by Gasteiger charge is -2.30. The number of hydrogen-bond donors (Lipinski definition) is 4. The van der Waals surface area contributed by atoms with Crippen LogP contribution in [-0.4, -0.2) is 30.0 Å². The maximum absolute atomic E-state index is 9.93. The van der Waals surface area contributed by atoms with Crippen LogP contribution in [0.2, 0.25) is 0 Å². The molecule has 4 heteroatoms. The van der Waals surface area contributed by atoms with E-state index < -0.39 is 0 Å². The van der Waals surface area contributed by atoms with Crippen molar-refractivity contribution in [2.24, 2.45) is 0 Å². The highest BCUT2D eigenvalue weighted by atomic mass is 16.3. The van der Waals surface area contributed by atoms with E-state index in [9.17, 15) is 10.2 Å². The standard InChI is InChI=1S/C18H22N2O2/c21-17-8-3-1-6-15(17)12-19-10-5-11-20(14-19)13-16-7-2-4-9-18(16)22/h1-4,6-9,21-22H,5,10-14H2/p+2. The molecule has 3 rings (SSSR count). The minimum atomic E-state index is 0.392. The summed E-state index contributed by atoms with van der Waals surface area (Å²) in [4.78, 5) is 2.97. The maximum atomic E-state index is 9.93. The van der Waals surface area contributed by atoms with Gasteiger partial charge in [-0.25, -0.2) is 0 Å². The van der Waals surface area contributed by atoms with Crippen molar-refractivity contribution in [1.29, 1.82) is 0 Å². The molecule has 116 valence electrons. The zero-order chi connectivity index (χ0) is 15.4. The van der Waals surface area contributed by atoms with Crippen LogP contribution in [0.1, 0.15) is 17.5 Å². The van der Waals surface area contributed by atoms with Crippen molar-refractivity contribution < 1.29 is 20.0 Å². The van der Waals surface area contributed by atoms with Gasteiger partial charge < -0.3 is 10.2 Å². The van der Waals surface area contributed by atoms with Crippen molar-refractivity contribution >= 4 is 0 Å². The maximum Gasteiger partial charge on any atom is 0.204 e. The van der Waals surface area contributed by atoms with Crippen LogP contribution in [0.15, 0.2) is 48.5 Å². The third-order valence-corrected chi connectivity index (χ3v) is 4.42. The number of phenolic OH excluding ortho intramolecular Hbond substituents is 2. The number of rotatable bonds is 4. The van der Waals surface area contributed by atoms with E-state index in [1.807, 2.05) is 36.4 Å². The first-order valence-electron chi connectivity index (χ1n) is 7.93. The van der Waals surface area contributed by atoms with Crippen molar-refractivity contribution in [3.05, 3.63) is 59.7 Å². The second-order valence-electron chi connectivity index (χ2n) is 6.14. The van der Waals surface area contributed by atoms with E-state index in [1.165, 1.54) is 16.2 Å². The molecule has 0 spiro atoms. The number of aromatic hydroxyl groups is 2. The lowest BCUT2D eigenvalue weighted by atomic mass is 10.1. The molecule has 1 aliphatic heterocycles. The summed E-state index contributed by atoms with van der Waals surface area (Å²) in [6.45, 7) is 5.01. The minimum Gasteiger partial charge on any atom is -0.507 e. The molecule has 22 heavy (non-hydrogen) atoms. The fraction of sp³-hybridized carbons (Fsp3) is 0.333. The van der Waals surface area contributed by atoms with Crippen LogP contribution in [0.3, 0.4) is 0 Å². The Kier molecular flexibility index (Phi) is 4.61. The van der Waals surface area contributed by atoms with Gasteiger partial charge >= 0.3 is 0 Å². The molecule has 2 aromatic carbocycles. The zero-order valence-electron chi connectivity index (χ0n) is 12.8. The molecule has 0 aliphatic carbocycles. The predicted molar refractivity (Wildman–Crippen MR) is 84.8 cm³/mol. The summed E-state index contributed by atoms with van der Waals surface area (Å²) in [6.07, 6.45) is 1.17. The quantitative estimate of drug-likeness (QED) is 0.639. The lowest BCUT2D eigenvalue weighted by Crippen LogP contribution is -3.32. The van der Waals surface area contributed by atoms with Gasteiger partial charge in [-0.1, -0.05) is 24.3 Å². The van der Waals surface area contributed by atoms with E-state index in [1.54, 1.807) is 12.1 Å². The van der Waals surface area contributed by atoms with Gasteiger partial charge in [-0.2, -0.15) is 0 Å². The van der Waals surface area contributed by atoms with Gasteiger partial charge in [0.1, 0.15) is 24.6 Å². The van der Waals surface area contributed by atoms with Gasteiger partial charge in [0.25, 0.3) is 0 Å². The number of hydrogen-bond acceptors (Lipinski definition) is 2.